The molecular formula is C20H20N2O4. The summed E-state index contributed by atoms with van der Waals surface area (Å²) in [6.45, 7) is 5.82. The molecule has 0 aliphatic carbocycles. The molecule has 0 unspecified atom stereocenters. The molecule has 0 amide bonds. The van der Waals surface area contributed by atoms with Gasteiger partial charge < -0.3 is 19.6 Å². The minimum atomic E-state index is -0.560. The number of carbonyl (C=O) groups excluding carboxylic acids is 1. The van der Waals surface area contributed by atoms with Gasteiger partial charge in [-0.1, -0.05) is 12.1 Å². The lowest BCUT2D eigenvalue weighted by atomic mass is 10.2. The predicted octanol–water partition coefficient (Wildman–Crippen LogP) is 4.17. The van der Waals surface area contributed by atoms with E-state index >= 15 is 0 Å². The number of hydrogen-bond acceptors (Lipinski definition) is 6. The van der Waals surface area contributed by atoms with E-state index in [-0.39, 0.29) is 23.8 Å². The van der Waals surface area contributed by atoms with E-state index in [4.69, 9.17) is 9.15 Å². The first kappa shape index (κ1) is 17.5. The fraction of sp³-hybridized carbons (Fsp3) is 0.200. The topological polar surface area (TPSA) is 84.6 Å². The molecule has 0 fully saturated rings. The van der Waals surface area contributed by atoms with E-state index in [2.05, 4.69) is 10.3 Å². The van der Waals surface area contributed by atoms with Crippen LogP contribution in [0.25, 0.3) is 16.7 Å². The number of nitrogens with one attached hydrogen (secondary N) is 1. The lowest BCUT2D eigenvalue weighted by Gasteiger charge is -2.07. The number of carbonyl (C=O) groups is 1. The standard InChI is InChI=1S/C20H20N2O4/c1-4-25-20(24)14(11-21-15-9-12(2)5-7-17(15)23)19-22-16-10-13(3)6-8-18(16)26-19/h5-11,21,23H,4H2,1-3H3/b14-11+. The number of ether oxygens (including phenoxy) is 1. The molecular weight excluding hydrogens is 332 g/mol. The fourth-order valence-corrected chi connectivity index (χ4v) is 2.48. The van der Waals surface area contributed by atoms with E-state index in [9.17, 15) is 9.90 Å². The average molecular weight is 352 g/mol. The second kappa shape index (κ2) is 7.31. The van der Waals surface area contributed by atoms with Gasteiger partial charge >= 0.3 is 5.97 Å². The highest BCUT2D eigenvalue weighted by atomic mass is 16.5. The first-order valence-electron chi connectivity index (χ1n) is 8.29. The van der Waals surface area contributed by atoms with Crippen molar-refractivity contribution in [2.45, 2.75) is 20.8 Å². The Bertz CT molecular complexity index is 989. The molecule has 3 aromatic rings. The van der Waals surface area contributed by atoms with Crippen LogP contribution in [0.3, 0.4) is 0 Å². The molecule has 0 aliphatic heterocycles. The maximum atomic E-state index is 12.4. The van der Waals surface area contributed by atoms with Crippen molar-refractivity contribution < 1.29 is 19.1 Å². The van der Waals surface area contributed by atoms with Crippen LogP contribution in [0.2, 0.25) is 0 Å². The number of phenols is 1. The van der Waals surface area contributed by atoms with Crippen molar-refractivity contribution in [1.29, 1.82) is 0 Å². The summed E-state index contributed by atoms with van der Waals surface area (Å²) < 4.78 is 10.8. The first-order chi connectivity index (χ1) is 12.5. The van der Waals surface area contributed by atoms with Gasteiger partial charge in [0.05, 0.1) is 12.3 Å². The number of hydrogen-bond donors (Lipinski definition) is 2. The molecule has 2 N–H and O–H groups in total. The van der Waals surface area contributed by atoms with Crippen LogP contribution in [-0.4, -0.2) is 22.7 Å². The third kappa shape index (κ3) is 3.69. The number of phenolic OH excluding ortho intramolecular Hbond substituents is 1. The van der Waals surface area contributed by atoms with Crippen molar-refractivity contribution >= 4 is 28.3 Å². The highest BCUT2D eigenvalue weighted by Crippen LogP contribution is 2.26. The summed E-state index contributed by atoms with van der Waals surface area (Å²) in [4.78, 5) is 16.8. The highest BCUT2D eigenvalue weighted by Gasteiger charge is 2.20. The molecule has 0 saturated carbocycles. The summed E-state index contributed by atoms with van der Waals surface area (Å²) in [5.41, 5.74) is 3.86. The van der Waals surface area contributed by atoms with Gasteiger partial charge in [0, 0.05) is 6.20 Å². The molecule has 0 bridgehead atoms. The number of aromatic hydroxyl groups is 1. The Morgan fingerprint density at radius 1 is 1.23 bits per heavy atom. The molecule has 1 heterocycles. The quantitative estimate of drug-likeness (QED) is 0.407. The van der Waals surface area contributed by atoms with Crippen molar-refractivity contribution in [1.82, 2.24) is 4.98 Å². The smallest absolute Gasteiger partial charge is 0.345 e. The van der Waals surface area contributed by atoms with Crippen molar-refractivity contribution in [3.63, 3.8) is 0 Å². The van der Waals surface area contributed by atoms with Crippen molar-refractivity contribution in [2.75, 3.05) is 11.9 Å². The maximum Gasteiger partial charge on any atom is 0.345 e. The van der Waals surface area contributed by atoms with E-state index in [0.29, 0.717) is 16.8 Å². The Hall–Kier alpha value is -3.28. The van der Waals surface area contributed by atoms with Gasteiger partial charge in [0.25, 0.3) is 0 Å². The Balaban J connectivity index is 2.00. The lowest BCUT2D eigenvalue weighted by Crippen LogP contribution is -2.09. The number of rotatable bonds is 5. The molecule has 26 heavy (non-hydrogen) atoms. The number of fused-ring (bicyclic) bond motifs is 1. The Morgan fingerprint density at radius 2 is 1.96 bits per heavy atom. The van der Waals surface area contributed by atoms with Gasteiger partial charge in [0.15, 0.2) is 5.58 Å². The largest absolute Gasteiger partial charge is 0.506 e. The van der Waals surface area contributed by atoms with E-state index in [1.165, 1.54) is 6.20 Å². The molecule has 3 rings (SSSR count). The second-order valence-electron chi connectivity index (χ2n) is 5.93. The summed E-state index contributed by atoms with van der Waals surface area (Å²) in [7, 11) is 0. The molecule has 6 heteroatoms. The fourth-order valence-electron chi connectivity index (χ4n) is 2.48. The number of aryl methyl sites for hydroxylation is 2. The SMILES string of the molecule is CCOC(=O)/C(=C/Nc1cc(C)ccc1O)c1nc2cc(C)ccc2o1. The second-order valence-corrected chi connectivity index (χ2v) is 5.93. The summed E-state index contributed by atoms with van der Waals surface area (Å²) in [6, 6.07) is 10.7. The molecule has 1 aromatic heterocycles. The minimum absolute atomic E-state index is 0.0725. The number of anilines is 1. The van der Waals surface area contributed by atoms with Crippen LogP contribution < -0.4 is 5.32 Å². The van der Waals surface area contributed by atoms with Gasteiger partial charge in [-0.15, -0.1) is 0 Å². The van der Waals surface area contributed by atoms with Gasteiger partial charge in [0.1, 0.15) is 16.8 Å². The molecule has 0 spiro atoms. The number of benzene rings is 2. The van der Waals surface area contributed by atoms with Crippen LogP contribution in [0.1, 0.15) is 23.9 Å². The Morgan fingerprint density at radius 3 is 2.73 bits per heavy atom. The summed E-state index contributed by atoms with van der Waals surface area (Å²) >= 11 is 0. The summed E-state index contributed by atoms with van der Waals surface area (Å²) in [5.74, 6) is -0.331. The van der Waals surface area contributed by atoms with Crippen LogP contribution in [-0.2, 0) is 9.53 Å². The third-order valence-corrected chi connectivity index (χ3v) is 3.79. The third-order valence-electron chi connectivity index (χ3n) is 3.79. The maximum absolute atomic E-state index is 12.4. The minimum Gasteiger partial charge on any atom is -0.506 e. The predicted molar refractivity (Wildman–Crippen MR) is 99.8 cm³/mol. The molecule has 2 aromatic carbocycles. The van der Waals surface area contributed by atoms with Gasteiger partial charge in [-0.2, -0.15) is 0 Å². The molecule has 0 atom stereocenters. The number of nitrogens with zero attached hydrogens (tertiary/aromatic N) is 1. The number of oxazole rings is 1. The van der Waals surface area contributed by atoms with Crippen LogP contribution in [0.4, 0.5) is 5.69 Å². The van der Waals surface area contributed by atoms with Gasteiger partial charge in [0.2, 0.25) is 5.89 Å². The molecule has 134 valence electrons. The normalized spacial score (nSPS) is 11.6. The van der Waals surface area contributed by atoms with Crippen LogP contribution in [0.15, 0.2) is 47.0 Å². The van der Waals surface area contributed by atoms with Crippen molar-refractivity contribution in [2.24, 2.45) is 0 Å². The zero-order valence-corrected chi connectivity index (χ0v) is 14.9. The van der Waals surface area contributed by atoms with Crippen LogP contribution in [0, 0.1) is 13.8 Å². The molecule has 0 saturated heterocycles. The molecule has 0 aliphatic rings. The van der Waals surface area contributed by atoms with E-state index < -0.39 is 5.97 Å². The molecule has 0 radical (unpaired) electrons. The lowest BCUT2D eigenvalue weighted by molar-refractivity contribution is -0.136. The zero-order chi connectivity index (χ0) is 18.7. The van der Waals surface area contributed by atoms with Gasteiger partial charge in [-0.05, 0) is 56.2 Å². The van der Waals surface area contributed by atoms with Crippen LogP contribution in [0.5, 0.6) is 5.75 Å². The van der Waals surface area contributed by atoms with E-state index in [1.807, 2.05) is 32.0 Å². The van der Waals surface area contributed by atoms with E-state index in [1.54, 1.807) is 25.1 Å². The van der Waals surface area contributed by atoms with Gasteiger partial charge in [-0.3, -0.25) is 0 Å². The van der Waals surface area contributed by atoms with Crippen molar-refractivity contribution in [3.8, 4) is 5.75 Å². The number of aromatic nitrogens is 1. The van der Waals surface area contributed by atoms with E-state index in [0.717, 1.165) is 11.1 Å². The van der Waals surface area contributed by atoms with Gasteiger partial charge in [-0.25, -0.2) is 9.78 Å². The molecule has 6 nitrogen and oxygen atoms in total. The highest BCUT2D eigenvalue weighted by molar-refractivity contribution is 6.15. The monoisotopic (exact) mass is 352 g/mol. The number of esters is 1. The average Bonchev–Trinajstić information content (AvgIpc) is 3.01. The first-order valence-corrected chi connectivity index (χ1v) is 8.29. The zero-order valence-electron chi connectivity index (χ0n) is 14.9. The summed E-state index contributed by atoms with van der Waals surface area (Å²) in [6.07, 6.45) is 1.43. The summed E-state index contributed by atoms with van der Waals surface area (Å²) in [5, 5.41) is 12.9. The van der Waals surface area contributed by atoms with Crippen molar-refractivity contribution in [3.05, 3.63) is 59.6 Å². The Labute approximate surface area is 151 Å². The Kier molecular flexibility index (Phi) is 4.93. The van der Waals surface area contributed by atoms with Crippen LogP contribution >= 0.6 is 0 Å².